The standard InChI is InChI=1S/C30H46N2O16/c1-12-17(9-33)45-29(20(22(12)37)31-13(2)35)48-27-26(41)24(39)19(47-30(27)44-16-7-5-15(42-4)6-8-16)11-43-28-21(32-14(3)36)25(40)23(38)18(10-34)46-28/h5-8,12,17-30,33-34,37-41H,9-11H2,1-4H3,(H,31,35)(H,32,36)/t12-,17?,18?,19?,20?,21?,22-,23-,24-,25+,26+,27?,28-,29+,30+/m1/s1. The highest BCUT2D eigenvalue weighted by molar-refractivity contribution is 5.73. The quantitative estimate of drug-likeness (QED) is 0.101. The van der Waals surface area contributed by atoms with Crippen LogP contribution in [0.5, 0.6) is 11.5 Å². The molecule has 0 aliphatic carbocycles. The van der Waals surface area contributed by atoms with Crippen LogP contribution >= 0.6 is 0 Å². The summed E-state index contributed by atoms with van der Waals surface area (Å²) in [5.74, 6) is -0.965. The van der Waals surface area contributed by atoms with E-state index in [1.807, 2.05) is 0 Å². The Kier molecular flexibility index (Phi) is 13.3. The molecule has 1 aromatic carbocycles. The lowest BCUT2D eigenvalue weighted by molar-refractivity contribution is -0.345. The Morgan fingerprint density at radius 3 is 1.79 bits per heavy atom. The van der Waals surface area contributed by atoms with Crippen molar-refractivity contribution in [2.24, 2.45) is 5.92 Å². The van der Waals surface area contributed by atoms with Crippen LogP contribution in [0, 0.1) is 5.92 Å². The van der Waals surface area contributed by atoms with Gasteiger partial charge in [0.1, 0.15) is 60.2 Å². The van der Waals surface area contributed by atoms with Gasteiger partial charge in [-0.3, -0.25) is 9.59 Å². The van der Waals surface area contributed by atoms with E-state index in [1.165, 1.54) is 21.0 Å². The highest BCUT2D eigenvalue weighted by atomic mass is 16.8. The number of nitrogens with one attached hydrogen (secondary N) is 2. The fourth-order valence-electron chi connectivity index (χ4n) is 5.83. The van der Waals surface area contributed by atoms with E-state index in [4.69, 9.17) is 33.2 Å². The maximum atomic E-state index is 12.0. The number of rotatable bonds is 12. The largest absolute Gasteiger partial charge is 0.497 e. The van der Waals surface area contributed by atoms with Gasteiger partial charge in [-0.2, -0.15) is 0 Å². The minimum atomic E-state index is -1.77. The van der Waals surface area contributed by atoms with Gasteiger partial charge in [-0.1, -0.05) is 6.92 Å². The van der Waals surface area contributed by atoms with Crippen LogP contribution in [0.15, 0.2) is 24.3 Å². The van der Waals surface area contributed by atoms with Crippen molar-refractivity contribution in [3.8, 4) is 11.5 Å². The van der Waals surface area contributed by atoms with Gasteiger partial charge in [0.2, 0.25) is 18.1 Å². The number of aliphatic hydroxyl groups is 7. The average molecular weight is 691 g/mol. The molecule has 1 aromatic rings. The Labute approximate surface area is 276 Å². The fraction of sp³-hybridized carbons (Fsp3) is 0.733. The number of carbonyl (C=O) groups is 2. The second-order valence-electron chi connectivity index (χ2n) is 12.0. The predicted molar refractivity (Wildman–Crippen MR) is 159 cm³/mol. The van der Waals surface area contributed by atoms with E-state index in [0.717, 1.165) is 0 Å². The van der Waals surface area contributed by atoms with E-state index < -0.39 is 123 Å². The smallest absolute Gasteiger partial charge is 0.229 e. The van der Waals surface area contributed by atoms with Crippen molar-refractivity contribution in [1.82, 2.24) is 10.6 Å². The van der Waals surface area contributed by atoms with Gasteiger partial charge in [-0.05, 0) is 24.3 Å². The number of benzene rings is 1. The molecule has 3 saturated heterocycles. The van der Waals surface area contributed by atoms with Crippen LogP contribution in [-0.2, 0) is 33.3 Å². The maximum Gasteiger partial charge on any atom is 0.229 e. The van der Waals surface area contributed by atoms with Crippen molar-refractivity contribution in [3.05, 3.63) is 24.3 Å². The summed E-state index contributed by atoms with van der Waals surface area (Å²) in [5, 5.41) is 78.9. The molecule has 3 fully saturated rings. The van der Waals surface area contributed by atoms with E-state index in [0.29, 0.717) is 5.75 Å². The van der Waals surface area contributed by atoms with Crippen molar-refractivity contribution in [2.75, 3.05) is 26.9 Å². The van der Waals surface area contributed by atoms with Gasteiger partial charge >= 0.3 is 0 Å². The molecule has 0 aromatic heterocycles. The molecule has 18 nitrogen and oxygen atoms in total. The third-order valence-electron chi connectivity index (χ3n) is 8.57. The highest BCUT2D eigenvalue weighted by Crippen LogP contribution is 2.33. The summed E-state index contributed by atoms with van der Waals surface area (Å²) in [4.78, 5) is 23.8. The molecule has 0 bridgehead atoms. The molecule has 0 spiro atoms. The Morgan fingerprint density at radius 1 is 0.708 bits per heavy atom. The summed E-state index contributed by atoms with van der Waals surface area (Å²) >= 11 is 0. The normalized spacial score (nSPS) is 40.1. The topological polar surface area (TPSA) is 264 Å². The molecule has 18 heteroatoms. The zero-order valence-corrected chi connectivity index (χ0v) is 26.9. The van der Waals surface area contributed by atoms with Gasteiger partial charge in [0.05, 0.1) is 39.1 Å². The minimum absolute atomic E-state index is 0.228. The lowest BCUT2D eigenvalue weighted by atomic mass is 9.89. The molecule has 9 N–H and O–H groups in total. The van der Waals surface area contributed by atoms with Crippen molar-refractivity contribution in [3.63, 3.8) is 0 Å². The molecule has 3 aliphatic rings. The summed E-state index contributed by atoms with van der Waals surface area (Å²) in [6.07, 6.45) is -17.3. The first-order valence-corrected chi connectivity index (χ1v) is 15.5. The summed E-state index contributed by atoms with van der Waals surface area (Å²) < 4.78 is 40.5. The van der Waals surface area contributed by atoms with Crippen molar-refractivity contribution in [1.29, 1.82) is 0 Å². The Bertz CT molecular complexity index is 1190. The van der Waals surface area contributed by atoms with Crippen LogP contribution < -0.4 is 20.1 Å². The molecular formula is C30H46N2O16. The average Bonchev–Trinajstić information content (AvgIpc) is 3.06. The van der Waals surface area contributed by atoms with Gasteiger partial charge in [0, 0.05) is 19.8 Å². The van der Waals surface area contributed by atoms with Gasteiger partial charge in [-0.25, -0.2) is 0 Å². The Hall–Kier alpha value is -2.72. The number of hydrogen-bond donors (Lipinski definition) is 9. The van der Waals surface area contributed by atoms with Gasteiger partial charge in [0.15, 0.2) is 18.7 Å². The van der Waals surface area contributed by atoms with E-state index in [2.05, 4.69) is 10.6 Å². The van der Waals surface area contributed by atoms with E-state index in [1.54, 1.807) is 31.2 Å². The van der Waals surface area contributed by atoms with Crippen LogP contribution in [0.3, 0.4) is 0 Å². The predicted octanol–water partition coefficient (Wildman–Crippen LogP) is -3.91. The van der Waals surface area contributed by atoms with Gasteiger partial charge < -0.3 is 79.5 Å². The number of ether oxygens (including phenoxy) is 7. The first-order valence-electron chi connectivity index (χ1n) is 15.5. The lowest BCUT2D eigenvalue weighted by Gasteiger charge is -2.48. The molecule has 3 heterocycles. The molecule has 15 atom stereocenters. The summed E-state index contributed by atoms with van der Waals surface area (Å²) in [5.41, 5.74) is 0. The van der Waals surface area contributed by atoms with Crippen LogP contribution in [0.1, 0.15) is 20.8 Å². The molecule has 2 amide bonds. The van der Waals surface area contributed by atoms with Crippen LogP contribution in [0.25, 0.3) is 0 Å². The molecule has 0 radical (unpaired) electrons. The summed E-state index contributed by atoms with van der Waals surface area (Å²) in [7, 11) is 1.48. The van der Waals surface area contributed by atoms with Crippen molar-refractivity contribution in [2.45, 2.75) is 107 Å². The summed E-state index contributed by atoms with van der Waals surface area (Å²) in [6.45, 7) is 2.32. The first-order chi connectivity index (χ1) is 22.8. The summed E-state index contributed by atoms with van der Waals surface area (Å²) in [6, 6.07) is 3.85. The number of carbonyl (C=O) groups excluding carboxylic acids is 2. The van der Waals surface area contributed by atoms with E-state index in [-0.39, 0.29) is 5.75 Å². The fourth-order valence-corrected chi connectivity index (χ4v) is 5.83. The second kappa shape index (κ2) is 16.8. The first kappa shape index (κ1) is 38.1. The molecule has 272 valence electrons. The second-order valence-corrected chi connectivity index (χ2v) is 12.0. The minimum Gasteiger partial charge on any atom is -0.497 e. The van der Waals surface area contributed by atoms with Crippen molar-refractivity contribution < 1.29 is 78.5 Å². The molecular weight excluding hydrogens is 644 g/mol. The Morgan fingerprint density at radius 2 is 1.23 bits per heavy atom. The SMILES string of the molecule is COc1ccc(O[C@H]2OC(CO[C@@H]3OC(CO)[C@@H](O)[C@@H](O)C3NC(C)=O)[C@@H](O)[C@H](O)C2O[C@@H]2OC(CO)[C@@H](C)[C@@H](O)C2NC(C)=O)cc1. The number of methoxy groups -OCH3 is 1. The van der Waals surface area contributed by atoms with Crippen molar-refractivity contribution >= 4 is 11.8 Å². The zero-order valence-electron chi connectivity index (χ0n) is 26.9. The highest BCUT2D eigenvalue weighted by Gasteiger charge is 2.52. The van der Waals surface area contributed by atoms with Crippen LogP contribution in [0.2, 0.25) is 0 Å². The third-order valence-corrected chi connectivity index (χ3v) is 8.57. The third kappa shape index (κ3) is 8.70. The van der Waals surface area contributed by atoms with Gasteiger partial charge in [-0.15, -0.1) is 0 Å². The number of hydrogen-bond acceptors (Lipinski definition) is 16. The molecule has 3 aliphatic heterocycles. The van der Waals surface area contributed by atoms with E-state index >= 15 is 0 Å². The van der Waals surface area contributed by atoms with Crippen LogP contribution in [-0.4, -0.2) is 160 Å². The zero-order chi connectivity index (χ0) is 35.3. The molecule has 4 rings (SSSR count). The Balaban J connectivity index is 1.58. The lowest BCUT2D eigenvalue weighted by Crippen LogP contribution is -2.67. The maximum absolute atomic E-state index is 12.0. The number of aliphatic hydroxyl groups excluding tert-OH is 7. The number of amides is 2. The van der Waals surface area contributed by atoms with E-state index in [9.17, 15) is 45.3 Å². The molecule has 48 heavy (non-hydrogen) atoms. The van der Waals surface area contributed by atoms with Gasteiger partial charge in [0.25, 0.3) is 0 Å². The molecule has 0 saturated carbocycles. The molecule has 6 unspecified atom stereocenters. The monoisotopic (exact) mass is 690 g/mol. The van der Waals surface area contributed by atoms with Crippen LogP contribution in [0.4, 0.5) is 0 Å².